The minimum absolute atomic E-state index is 0.0521. The van der Waals surface area contributed by atoms with Crippen LogP contribution < -0.4 is 5.73 Å². The van der Waals surface area contributed by atoms with Crippen LogP contribution in [0.4, 0.5) is 0 Å². The monoisotopic (exact) mass is 163 g/mol. The van der Waals surface area contributed by atoms with E-state index in [1.807, 2.05) is 13.0 Å². The third kappa shape index (κ3) is 1.46. The van der Waals surface area contributed by atoms with E-state index >= 15 is 0 Å². The predicted octanol–water partition coefficient (Wildman–Crippen LogP) is 1.37. The zero-order valence-electron chi connectivity index (χ0n) is 7.20. The van der Waals surface area contributed by atoms with Gasteiger partial charge in [0.1, 0.15) is 5.82 Å². The third-order valence-electron chi connectivity index (χ3n) is 2.10. The van der Waals surface area contributed by atoms with Crippen molar-refractivity contribution in [3.8, 4) is 0 Å². The number of nitrogens with zero attached hydrogens (tertiary/aromatic N) is 2. The van der Waals surface area contributed by atoms with Crippen LogP contribution in [-0.2, 0) is 0 Å². The molecule has 1 unspecified atom stereocenters. The van der Waals surface area contributed by atoms with Crippen molar-refractivity contribution < 1.29 is 0 Å². The van der Waals surface area contributed by atoms with Crippen molar-refractivity contribution in [3.63, 3.8) is 0 Å². The Kier molecular flexibility index (Phi) is 1.81. The standard InChI is InChI=1S/C9H13N3/c1-6(10)9-11-5-4-8(12-9)7-2-3-7/h4-7H,2-3,10H2,1H3. The largest absolute Gasteiger partial charge is 0.322 e. The normalized spacial score (nSPS) is 19.2. The Bertz CT molecular complexity index is 262. The van der Waals surface area contributed by atoms with Crippen molar-refractivity contribution in [2.75, 3.05) is 0 Å². The van der Waals surface area contributed by atoms with E-state index in [-0.39, 0.29) is 6.04 Å². The van der Waals surface area contributed by atoms with Gasteiger partial charge in [0.05, 0.1) is 6.04 Å². The number of aromatic nitrogens is 2. The Morgan fingerprint density at radius 3 is 2.92 bits per heavy atom. The molecule has 1 aliphatic carbocycles. The SMILES string of the molecule is CC(N)c1nccc(C2CC2)n1. The van der Waals surface area contributed by atoms with E-state index < -0.39 is 0 Å². The fourth-order valence-corrected chi connectivity index (χ4v) is 1.21. The summed E-state index contributed by atoms with van der Waals surface area (Å²) in [5.41, 5.74) is 6.84. The maximum absolute atomic E-state index is 5.68. The summed E-state index contributed by atoms with van der Waals surface area (Å²) >= 11 is 0. The lowest BCUT2D eigenvalue weighted by atomic mass is 10.2. The van der Waals surface area contributed by atoms with Gasteiger partial charge in [-0.3, -0.25) is 0 Å². The third-order valence-corrected chi connectivity index (χ3v) is 2.10. The highest BCUT2D eigenvalue weighted by Gasteiger charge is 2.25. The maximum atomic E-state index is 5.68. The van der Waals surface area contributed by atoms with Crippen LogP contribution in [0.25, 0.3) is 0 Å². The highest BCUT2D eigenvalue weighted by atomic mass is 14.9. The Hall–Kier alpha value is -0.960. The summed E-state index contributed by atoms with van der Waals surface area (Å²) in [6.07, 6.45) is 4.35. The minimum Gasteiger partial charge on any atom is -0.322 e. The van der Waals surface area contributed by atoms with Crippen LogP contribution >= 0.6 is 0 Å². The van der Waals surface area contributed by atoms with Gasteiger partial charge in [-0.1, -0.05) is 0 Å². The van der Waals surface area contributed by atoms with Gasteiger partial charge < -0.3 is 5.73 Å². The average molecular weight is 163 g/mol. The first kappa shape index (κ1) is 7.68. The summed E-state index contributed by atoms with van der Waals surface area (Å²) in [5, 5.41) is 0. The molecule has 1 aromatic heterocycles. The van der Waals surface area contributed by atoms with Crippen LogP contribution in [0.1, 0.15) is 43.2 Å². The molecule has 0 spiro atoms. The van der Waals surface area contributed by atoms with E-state index in [9.17, 15) is 0 Å². The predicted molar refractivity (Wildman–Crippen MR) is 46.6 cm³/mol. The summed E-state index contributed by atoms with van der Waals surface area (Å²) in [6.45, 7) is 1.91. The summed E-state index contributed by atoms with van der Waals surface area (Å²) in [4.78, 5) is 8.51. The highest BCUT2D eigenvalue weighted by molar-refractivity contribution is 5.14. The molecule has 0 bridgehead atoms. The molecule has 0 saturated heterocycles. The average Bonchev–Trinajstić information content (AvgIpc) is 2.87. The van der Waals surface area contributed by atoms with E-state index in [1.54, 1.807) is 6.20 Å². The van der Waals surface area contributed by atoms with Gasteiger partial charge in [-0.25, -0.2) is 9.97 Å². The molecule has 0 aliphatic heterocycles. The van der Waals surface area contributed by atoms with Gasteiger partial charge in [0, 0.05) is 17.8 Å². The van der Waals surface area contributed by atoms with Crippen LogP contribution in [0.2, 0.25) is 0 Å². The first-order valence-corrected chi connectivity index (χ1v) is 4.36. The lowest BCUT2D eigenvalue weighted by molar-refractivity contribution is 0.726. The summed E-state index contributed by atoms with van der Waals surface area (Å²) in [7, 11) is 0. The molecular formula is C9H13N3. The van der Waals surface area contributed by atoms with Gasteiger partial charge in [0.25, 0.3) is 0 Å². The first-order chi connectivity index (χ1) is 5.77. The van der Waals surface area contributed by atoms with E-state index in [0.29, 0.717) is 5.92 Å². The van der Waals surface area contributed by atoms with Crippen molar-refractivity contribution in [1.29, 1.82) is 0 Å². The van der Waals surface area contributed by atoms with E-state index in [1.165, 1.54) is 12.8 Å². The van der Waals surface area contributed by atoms with Crippen LogP contribution in [0.5, 0.6) is 0 Å². The molecule has 2 N–H and O–H groups in total. The van der Waals surface area contributed by atoms with Crippen LogP contribution in [-0.4, -0.2) is 9.97 Å². The van der Waals surface area contributed by atoms with Gasteiger partial charge in [0.15, 0.2) is 0 Å². The second-order valence-electron chi connectivity index (χ2n) is 3.40. The molecule has 3 heteroatoms. The van der Waals surface area contributed by atoms with Gasteiger partial charge in [-0.15, -0.1) is 0 Å². The van der Waals surface area contributed by atoms with Crippen molar-refractivity contribution in [3.05, 3.63) is 23.8 Å². The molecule has 1 aromatic rings. The molecule has 3 nitrogen and oxygen atoms in total. The zero-order valence-corrected chi connectivity index (χ0v) is 7.20. The molecule has 12 heavy (non-hydrogen) atoms. The van der Waals surface area contributed by atoms with Crippen molar-refractivity contribution >= 4 is 0 Å². The van der Waals surface area contributed by atoms with Crippen LogP contribution in [0.15, 0.2) is 12.3 Å². The zero-order chi connectivity index (χ0) is 8.55. The molecule has 1 saturated carbocycles. The molecule has 2 rings (SSSR count). The summed E-state index contributed by atoms with van der Waals surface area (Å²) < 4.78 is 0. The molecule has 64 valence electrons. The number of nitrogens with two attached hydrogens (primary N) is 1. The Morgan fingerprint density at radius 1 is 1.58 bits per heavy atom. The van der Waals surface area contributed by atoms with E-state index in [4.69, 9.17) is 5.73 Å². The van der Waals surface area contributed by atoms with Crippen molar-refractivity contribution in [1.82, 2.24) is 9.97 Å². The molecule has 1 fully saturated rings. The molecule has 1 atom stereocenters. The molecule has 1 heterocycles. The number of hydrogen-bond acceptors (Lipinski definition) is 3. The highest BCUT2D eigenvalue weighted by Crippen LogP contribution is 2.38. The van der Waals surface area contributed by atoms with E-state index in [0.717, 1.165) is 11.5 Å². The fourth-order valence-electron chi connectivity index (χ4n) is 1.21. The summed E-state index contributed by atoms with van der Waals surface area (Å²) in [6, 6.07) is 1.94. The number of hydrogen-bond donors (Lipinski definition) is 1. The molecule has 0 amide bonds. The lowest BCUT2D eigenvalue weighted by Crippen LogP contribution is -2.10. The van der Waals surface area contributed by atoms with Crippen LogP contribution in [0, 0.1) is 0 Å². The smallest absolute Gasteiger partial charge is 0.144 e. The van der Waals surface area contributed by atoms with Gasteiger partial charge in [-0.05, 0) is 25.8 Å². The Labute approximate surface area is 72.0 Å². The lowest BCUT2D eigenvalue weighted by Gasteiger charge is -2.04. The molecule has 0 radical (unpaired) electrons. The van der Waals surface area contributed by atoms with Gasteiger partial charge in [0.2, 0.25) is 0 Å². The minimum atomic E-state index is -0.0521. The molecule has 0 aromatic carbocycles. The molecule has 1 aliphatic rings. The van der Waals surface area contributed by atoms with Crippen molar-refractivity contribution in [2.45, 2.75) is 31.7 Å². The Balaban J connectivity index is 2.26. The first-order valence-electron chi connectivity index (χ1n) is 4.36. The van der Waals surface area contributed by atoms with Gasteiger partial charge in [-0.2, -0.15) is 0 Å². The second kappa shape index (κ2) is 2.83. The van der Waals surface area contributed by atoms with Crippen LogP contribution in [0.3, 0.4) is 0 Å². The van der Waals surface area contributed by atoms with Crippen molar-refractivity contribution in [2.24, 2.45) is 5.73 Å². The summed E-state index contributed by atoms with van der Waals surface area (Å²) in [5.74, 6) is 1.45. The topological polar surface area (TPSA) is 51.8 Å². The Morgan fingerprint density at radius 2 is 2.33 bits per heavy atom. The number of rotatable bonds is 2. The molecular weight excluding hydrogens is 150 g/mol. The van der Waals surface area contributed by atoms with Gasteiger partial charge >= 0.3 is 0 Å². The fraction of sp³-hybridized carbons (Fsp3) is 0.556. The maximum Gasteiger partial charge on any atom is 0.144 e. The quantitative estimate of drug-likeness (QED) is 0.716. The second-order valence-corrected chi connectivity index (χ2v) is 3.40. The van der Waals surface area contributed by atoms with E-state index in [2.05, 4.69) is 9.97 Å².